The van der Waals surface area contributed by atoms with Crippen LogP contribution in [0.25, 0.3) is 0 Å². The van der Waals surface area contributed by atoms with Gasteiger partial charge in [-0.2, -0.15) is 10.2 Å². The Bertz CT molecular complexity index is 625. The Hall–Kier alpha value is -1.90. The minimum atomic E-state index is -0.805. The first-order chi connectivity index (χ1) is 11.6. The summed E-state index contributed by atoms with van der Waals surface area (Å²) in [7, 11) is 0. The lowest BCUT2D eigenvalue weighted by molar-refractivity contribution is -0.141. The molecule has 1 saturated carbocycles. The first-order valence-electron chi connectivity index (χ1n) is 9.10. The molecule has 24 heavy (non-hydrogen) atoms. The van der Waals surface area contributed by atoms with E-state index in [0.717, 1.165) is 38.6 Å². The molecular weight excluding hydrogens is 304 g/mol. The van der Waals surface area contributed by atoms with E-state index in [1.807, 2.05) is 18.7 Å². The number of carbonyl (C=O) groups is 1. The van der Waals surface area contributed by atoms with Gasteiger partial charge in [0.15, 0.2) is 5.82 Å². The van der Waals surface area contributed by atoms with Crippen LogP contribution in [0.15, 0.2) is 4.52 Å². The first kappa shape index (κ1) is 16.9. The van der Waals surface area contributed by atoms with Gasteiger partial charge in [0.2, 0.25) is 11.8 Å². The van der Waals surface area contributed by atoms with E-state index in [4.69, 9.17) is 4.52 Å². The van der Waals surface area contributed by atoms with E-state index in [9.17, 15) is 10.1 Å². The molecule has 6 nitrogen and oxygen atoms in total. The quantitative estimate of drug-likeness (QED) is 0.848. The summed E-state index contributed by atoms with van der Waals surface area (Å²) < 4.78 is 5.32. The summed E-state index contributed by atoms with van der Waals surface area (Å²) in [6, 6.07) is 2.35. The number of likely N-dealkylation sites (tertiary alicyclic amines) is 1. The zero-order valence-electron chi connectivity index (χ0n) is 14.6. The number of amides is 1. The summed E-state index contributed by atoms with van der Waals surface area (Å²) in [6.07, 6.45) is 6.34. The second-order valence-electron chi connectivity index (χ2n) is 7.49. The molecule has 1 aliphatic heterocycles. The summed E-state index contributed by atoms with van der Waals surface area (Å²) in [5.74, 6) is 1.68. The Morgan fingerprint density at radius 3 is 2.71 bits per heavy atom. The average molecular weight is 330 g/mol. The van der Waals surface area contributed by atoms with Gasteiger partial charge in [-0.05, 0) is 25.7 Å². The monoisotopic (exact) mass is 330 g/mol. The molecule has 0 spiro atoms. The molecule has 130 valence electrons. The summed E-state index contributed by atoms with van der Waals surface area (Å²) in [4.78, 5) is 19.4. The van der Waals surface area contributed by atoms with Gasteiger partial charge in [0.1, 0.15) is 5.41 Å². The fourth-order valence-electron chi connectivity index (χ4n) is 3.85. The molecule has 0 bridgehead atoms. The fourth-order valence-corrected chi connectivity index (χ4v) is 3.85. The molecule has 1 unspecified atom stereocenters. The molecule has 6 heteroatoms. The predicted octanol–water partition coefficient (Wildman–Crippen LogP) is 3.37. The maximum absolute atomic E-state index is 13.0. The van der Waals surface area contributed by atoms with Crippen LogP contribution < -0.4 is 0 Å². The smallest absolute Gasteiger partial charge is 0.243 e. The SMILES string of the molecule is CC(C)c1nc(C2CCCN(C(=O)C3(C#N)CCCCC3)C2)no1. The predicted molar refractivity (Wildman–Crippen MR) is 88.1 cm³/mol. The number of hydrogen-bond donors (Lipinski definition) is 0. The van der Waals surface area contributed by atoms with Crippen molar-refractivity contribution in [3.8, 4) is 6.07 Å². The van der Waals surface area contributed by atoms with Crippen LogP contribution in [-0.2, 0) is 4.79 Å². The van der Waals surface area contributed by atoms with E-state index < -0.39 is 5.41 Å². The van der Waals surface area contributed by atoms with Gasteiger partial charge in [0, 0.05) is 24.9 Å². The number of aromatic nitrogens is 2. The van der Waals surface area contributed by atoms with Crippen molar-refractivity contribution in [2.24, 2.45) is 5.41 Å². The molecule has 0 N–H and O–H groups in total. The van der Waals surface area contributed by atoms with Crippen molar-refractivity contribution in [1.82, 2.24) is 15.0 Å². The van der Waals surface area contributed by atoms with E-state index in [2.05, 4.69) is 16.2 Å². The molecule has 1 aliphatic carbocycles. The van der Waals surface area contributed by atoms with Gasteiger partial charge in [0.05, 0.1) is 6.07 Å². The molecule has 3 rings (SSSR count). The Labute approximate surface area is 143 Å². The van der Waals surface area contributed by atoms with Crippen molar-refractivity contribution in [2.75, 3.05) is 13.1 Å². The normalized spacial score (nSPS) is 23.9. The van der Waals surface area contributed by atoms with Crippen LogP contribution in [0.4, 0.5) is 0 Å². The highest BCUT2D eigenvalue weighted by Crippen LogP contribution is 2.39. The zero-order valence-corrected chi connectivity index (χ0v) is 14.6. The lowest BCUT2D eigenvalue weighted by Crippen LogP contribution is -2.48. The zero-order chi connectivity index (χ0) is 17.2. The number of piperidine rings is 1. The van der Waals surface area contributed by atoms with E-state index in [1.165, 1.54) is 0 Å². The van der Waals surface area contributed by atoms with Gasteiger partial charge in [-0.3, -0.25) is 4.79 Å². The standard InChI is InChI=1S/C18H26N4O2/c1-13(2)16-20-15(21-24-16)14-7-6-10-22(11-14)17(23)18(12-19)8-4-3-5-9-18/h13-14H,3-11H2,1-2H3. The Morgan fingerprint density at radius 2 is 2.08 bits per heavy atom. The summed E-state index contributed by atoms with van der Waals surface area (Å²) in [5.41, 5.74) is -0.805. The maximum atomic E-state index is 13.0. The molecule has 1 saturated heterocycles. The van der Waals surface area contributed by atoms with Crippen LogP contribution in [0.2, 0.25) is 0 Å². The molecule has 2 heterocycles. The van der Waals surface area contributed by atoms with Crippen molar-refractivity contribution in [3.63, 3.8) is 0 Å². The minimum absolute atomic E-state index is 0.0157. The van der Waals surface area contributed by atoms with E-state index >= 15 is 0 Å². The number of rotatable bonds is 3. The number of nitriles is 1. The highest BCUT2D eigenvalue weighted by Gasteiger charge is 2.43. The highest BCUT2D eigenvalue weighted by atomic mass is 16.5. The first-order valence-corrected chi connectivity index (χ1v) is 9.10. The van der Waals surface area contributed by atoms with Crippen molar-refractivity contribution in [1.29, 1.82) is 5.26 Å². The number of nitrogens with zero attached hydrogens (tertiary/aromatic N) is 4. The topological polar surface area (TPSA) is 83.0 Å². The summed E-state index contributed by atoms with van der Waals surface area (Å²) in [6.45, 7) is 5.37. The van der Waals surface area contributed by atoms with Gasteiger partial charge in [-0.25, -0.2) is 0 Å². The third-order valence-electron chi connectivity index (χ3n) is 5.36. The third kappa shape index (κ3) is 3.17. The molecule has 0 radical (unpaired) electrons. The van der Waals surface area contributed by atoms with E-state index in [-0.39, 0.29) is 17.7 Å². The third-order valence-corrected chi connectivity index (χ3v) is 5.36. The molecule has 1 amide bonds. The summed E-state index contributed by atoms with van der Waals surface area (Å²) in [5, 5.41) is 13.8. The van der Waals surface area contributed by atoms with Gasteiger partial charge in [0.25, 0.3) is 0 Å². The summed E-state index contributed by atoms with van der Waals surface area (Å²) >= 11 is 0. The fraction of sp³-hybridized carbons (Fsp3) is 0.778. The lowest BCUT2D eigenvalue weighted by Gasteiger charge is -2.38. The number of carbonyl (C=O) groups excluding carboxylic acids is 1. The molecule has 1 aromatic heterocycles. The Balaban J connectivity index is 1.72. The van der Waals surface area contributed by atoms with Crippen molar-refractivity contribution in [2.45, 2.75) is 70.6 Å². The van der Waals surface area contributed by atoms with Gasteiger partial charge >= 0.3 is 0 Å². The molecular formula is C18H26N4O2. The van der Waals surface area contributed by atoms with Gasteiger partial charge in [-0.1, -0.05) is 38.3 Å². The largest absolute Gasteiger partial charge is 0.341 e. The minimum Gasteiger partial charge on any atom is -0.341 e. The molecule has 2 aliphatic rings. The van der Waals surface area contributed by atoms with Crippen LogP contribution in [0, 0.1) is 16.7 Å². The molecule has 2 fully saturated rings. The molecule has 1 atom stereocenters. The average Bonchev–Trinajstić information content (AvgIpc) is 3.12. The van der Waals surface area contributed by atoms with Crippen LogP contribution in [0.1, 0.15) is 82.3 Å². The lowest BCUT2D eigenvalue weighted by atomic mass is 9.74. The van der Waals surface area contributed by atoms with E-state index in [0.29, 0.717) is 31.1 Å². The second kappa shape index (κ2) is 6.92. The van der Waals surface area contributed by atoms with Crippen LogP contribution in [0.5, 0.6) is 0 Å². The molecule has 1 aromatic rings. The van der Waals surface area contributed by atoms with Crippen molar-refractivity contribution in [3.05, 3.63) is 11.7 Å². The van der Waals surface area contributed by atoms with Crippen LogP contribution >= 0.6 is 0 Å². The van der Waals surface area contributed by atoms with Gasteiger partial charge < -0.3 is 9.42 Å². The Kier molecular flexibility index (Phi) is 4.88. The Morgan fingerprint density at radius 1 is 1.33 bits per heavy atom. The highest BCUT2D eigenvalue weighted by molar-refractivity contribution is 5.85. The van der Waals surface area contributed by atoms with Crippen LogP contribution in [-0.4, -0.2) is 34.0 Å². The molecule has 0 aromatic carbocycles. The number of hydrogen-bond acceptors (Lipinski definition) is 5. The van der Waals surface area contributed by atoms with Crippen LogP contribution in [0.3, 0.4) is 0 Å². The maximum Gasteiger partial charge on any atom is 0.243 e. The van der Waals surface area contributed by atoms with Crippen molar-refractivity contribution >= 4 is 5.91 Å². The van der Waals surface area contributed by atoms with Gasteiger partial charge in [-0.15, -0.1) is 0 Å². The second-order valence-corrected chi connectivity index (χ2v) is 7.49. The van der Waals surface area contributed by atoms with Crippen molar-refractivity contribution < 1.29 is 9.32 Å². The van der Waals surface area contributed by atoms with E-state index in [1.54, 1.807) is 0 Å².